The van der Waals surface area contributed by atoms with Gasteiger partial charge in [0.15, 0.2) is 15.0 Å². The summed E-state index contributed by atoms with van der Waals surface area (Å²) in [6, 6.07) is 9.70. The summed E-state index contributed by atoms with van der Waals surface area (Å²) in [6.45, 7) is 8.59. The smallest absolute Gasteiger partial charge is 0.260 e. The number of aromatic nitrogens is 1. The van der Waals surface area contributed by atoms with Gasteiger partial charge in [-0.15, -0.1) is 12.4 Å². The standard InChI is InChI=1S/C24H31N3O5S2.ClH/c1-6-26(7-2)15-16-27(23(28)17-9-11-18(12-10-17)34(29,30)8-3)24-25-21-19(31-4)13-14-20(32-5)22(21)33-24;/h9-14H,6-8,15-16H2,1-5H3;1H. The fraction of sp³-hybridized carbons (Fsp3) is 0.417. The predicted octanol–water partition coefficient (Wildman–Crippen LogP) is 4.52. The average molecular weight is 542 g/mol. The SMILES string of the molecule is CCN(CC)CCN(C(=O)c1ccc(S(=O)(=O)CC)cc1)c1nc2c(OC)ccc(OC)c2s1.Cl. The van der Waals surface area contributed by atoms with Crippen LogP contribution in [0.3, 0.4) is 0 Å². The lowest BCUT2D eigenvalue weighted by Gasteiger charge is -2.24. The number of rotatable bonds is 11. The van der Waals surface area contributed by atoms with E-state index in [0.717, 1.165) is 17.8 Å². The molecule has 0 radical (unpaired) electrons. The molecule has 0 spiro atoms. The van der Waals surface area contributed by atoms with Crippen molar-refractivity contribution in [2.75, 3.05) is 51.1 Å². The number of methoxy groups -OCH3 is 2. The van der Waals surface area contributed by atoms with Gasteiger partial charge in [0.1, 0.15) is 21.7 Å². The molecule has 0 saturated heterocycles. The molecule has 0 saturated carbocycles. The Balaban J connectivity index is 0.00000432. The average Bonchev–Trinajstić information content (AvgIpc) is 3.31. The summed E-state index contributed by atoms with van der Waals surface area (Å²) >= 11 is 1.36. The van der Waals surface area contributed by atoms with Crippen molar-refractivity contribution in [3.63, 3.8) is 0 Å². The zero-order valence-corrected chi connectivity index (χ0v) is 23.1. The van der Waals surface area contributed by atoms with Crippen LogP contribution in [0.2, 0.25) is 0 Å². The number of hydrogen-bond donors (Lipinski definition) is 0. The Hall–Kier alpha value is -2.40. The van der Waals surface area contributed by atoms with E-state index in [1.54, 1.807) is 44.2 Å². The van der Waals surface area contributed by atoms with E-state index in [2.05, 4.69) is 18.7 Å². The van der Waals surface area contributed by atoms with Gasteiger partial charge in [-0.1, -0.05) is 32.1 Å². The summed E-state index contributed by atoms with van der Waals surface area (Å²) in [5.74, 6) is 1.02. The number of nitrogens with zero attached hydrogens (tertiary/aromatic N) is 3. The molecule has 11 heteroatoms. The van der Waals surface area contributed by atoms with Gasteiger partial charge in [-0.25, -0.2) is 13.4 Å². The quantitative estimate of drug-likeness (QED) is 0.352. The summed E-state index contributed by atoms with van der Waals surface area (Å²) in [5.41, 5.74) is 1.03. The lowest BCUT2D eigenvalue weighted by Crippen LogP contribution is -2.38. The Morgan fingerprint density at radius 2 is 1.54 bits per heavy atom. The van der Waals surface area contributed by atoms with Crippen LogP contribution in [0.25, 0.3) is 10.2 Å². The summed E-state index contributed by atoms with van der Waals surface area (Å²) in [6.07, 6.45) is 0. The molecule has 35 heavy (non-hydrogen) atoms. The summed E-state index contributed by atoms with van der Waals surface area (Å²) < 4.78 is 36.1. The summed E-state index contributed by atoms with van der Waals surface area (Å²) in [7, 11) is -0.172. The number of amides is 1. The minimum Gasteiger partial charge on any atom is -0.495 e. The molecule has 1 aromatic heterocycles. The van der Waals surface area contributed by atoms with E-state index in [9.17, 15) is 13.2 Å². The fourth-order valence-corrected chi connectivity index (χ4v) is 5.57. The highest BCUT2D eigenvalue weighted by Gasteiger charge is 2.24. The first-order chi connectivity index (χ1) is 16.3. The molecule has 1 heterocycles. The van der Waals surface area contributed by atoms with Crippen molar-refractivity contribution in [1.82, 2.24) is 9.88 Å². The Morgan fingerprint density at radius 1 is 0.943 bits per heavy atom. The van der Waals surface area contributed by atoms with E-state index in [-0.39, 0.29) is 29.0 Å². The molecule has 0 bridgehead atoms. The van der Waals surface area contributed by atoms with E-state index >= 15 is 0 Å². The van der Waals surface area contributed by atoms with Crippen LogP contribution in [0.15, 0.2) is 41.3 Å². The number of thiazole rings is 1. The summed E-state index contributed by atoms with van der Waals surface area (Å²) in [5, 5.41) is 0.528. The van der Waals surface area contributed by atoms with Crippen molar-refractivity contribution in [3.05, 3.63) is 42.0 Å². The molecule has 0 unspecified atom stereocenters. The van der Waals surface area contributed by atoms with Crippen molar-refractivity contribution in [3.8, 4) is 11.5 Å². The van der Waals surface area contributed by atoms with Gasteiger partial charge in [0.05, 0.1) is 24.9 Å². The molecule has 3 aromatic rings. The van der Waals surface area contributed by atoms with Gasteiger partial charge in [0.2, 0.25) is 0 Å². The Labute approximate surface area is 217 Å². The highest BCUT2D eigenvalue weighted by molar-refractivity contribution is 7.91. The van der Waals surface area contributed by atoms with Gasteiger partial charge >= 0.3 is 0 Å². The molecular formula is C24H32ClN3O5S2. The van der Waals surface area contributed by atoms with Gasteiger partial charge < -0.3 is 14.4 Å². The first kappa shape index (κ1) is 28.8. The van der Waals surface area contributed by atoms with Crippen LogP contribution in [0.4, 0.5) is 5.13 Å². The van der Waals surface area contributed by atoms with Crippen molar-refractivity contribution >= 4 is 54.8 Å². The van der Waals surface area contributed by atoms with E-state index < -0.39 is 9.84 Å². The molecule has 0 aliphatic rings. The minimum atomic E-state index is -3.34. The molecule has 3 rings (SSSR count). The number of ether oxygens (including phenoxy) is 2. The maximum absolute atomic E-state index is 13.6. The number of carbonyl (C=O) groups is 1. The number of carbonyl (C=O) groups excluding carboxylic acids is 1. The predicted molar refractivity (Wildman–Crippen MR) is 144 cm³/mol. The van der Waals surface area contributed by atoms with Gasteiger partial charge in [0.25, 0.3) is 5.91 Å². The largest absolute Gasteiger partial charge is 0.495 e. The maximum atomic E-state index is 13.6. The first-order valence-electron chi connectivity index (χ1n) is 11.2. The number of fused-ring (bicyclic) bond motifs is 1. The minimum absolute atomic E-state index is 0. The molecule has 0 aliphatic carbocycles. The highest BCUT2D eigenvalue weighted by atomic mass is 35.5. The van der Waals surface area contributed by atoms with Crippen LogP contribution in [-0.4, -0.2) is 70.4 Å². The van der Waals surface area contributed by atoms with Crippen LogP contribution >= 0.6 is 23.7 Å². The number of benzene rings is 2. The molecule has 8 nitrogen and oxygen atoms in total. The van der Waals surface area contributed by atoms with Gasteiger partial charge in [0, 0.05) is 18.7 Å². The van der Waals surface area contributed by atoms with Gasteiger partial charge in [-0.3, -0.25) is 9.69 Å². The van der Waals surface area contributed by atoms with Crippen molar-refractivity contribution < 1.29 is 22.7 Å². The fourth-order valence-electron chi connectivity index (χ4n) is 3.58. The van der Waals surface area contributed by atoms with Gasteiger partial charge in [-0.05, 0) is 49.5 Å². The molecular weight excluding hydrogens is 510 g/mol. The molecule has 192 valence electrons. The lowest BCUT2D eigenvalue weighted by molar-refractivity contribution is 0.0983. The lowest BCUT2D eigenvalue weighted by atomic mass is 10.2. The van der Waals surface area contributed by atoms with E-state index in [4.69, 9.17) is 14.5 Å². The molecule has 0 fully saturated rings. The van der Waals surface area contributed by atoms with Crippen LogP contribution in [-0.2, 0) is 9.84 Å². The molecule has 0 N–H and O–H groups in total. The summed E-state index contributed by atoms with van der Waals surface area (Å²) in [4.78, 5) is 22.4. The number of likely N-dealkylation sites (N-methyl/N-ethyl adjacent to an activating group) is 1. The topological polar surface area (TPSA) is 89.0 Å². The van der Waals surface area contributed by atoms with Crippen LogP contribution < -0.4 is 14.4 Å². The third-order valence-electron chi connectivity index (χ3n) is 5.75. The number of anilines is 1. The Bertz CT molecular complexity index is 1200. The highest BCUT2D eigenvalue weighted by Crippen LogP contribution is 2.40. The van der Waals surface area contributed by atoms with Crippen molar-refractivity contribution in [1.29, 1.82) is 0 Å². The number of halogens is 1. The normalized spacial score (nSPS) is 11.4. The zero-order chi connectivity index (χ0) is 24.9. The van der Waals surface area contributed by atoms with E-state index in [1.807, 2.05) is 6.07 Å². The number of sulfone groups is 1. The van der Waals surface area contributed by atoms with Crippen LogP contribution in [0.5, 0.6) is 11.5 Å². The molecule has 2 aromatic carbocycles. The first-order valence-corrected chi connectivity index (χ1v) is 13.6. The molecule has 1 amide bonds. The van der Waals surface area contributed by atoms with Gasteiger partial charge in [-0.2, -0.15) is 0 Å². The van der Waals surface area contributed by atoms with E-state index in [0.29, 0.717) is 40.8 Å². The maximum Gasteiger partial charge on any atom is 0.260 e. The monoisotopic (exact) mass is 541 g/mol. The molecule has 0 atom stereocenters. The van der Waals surface area contributed by atoms with Crippen LogP contribution in [0.1, 0.15) is 31.1 Å². The third kappa shape index (κ3) is 6.24. The second-order valence-corrected chi connectivity index (χ2v) is 10.8. The van der Waals surface area contributed by atoms with Crippen molar-refractivity contribution in [2.24, 2.45) is 0 Å². The second-order valence-electron chi connectivity index (χ2n) is 7.56. The Morgan fingerprint density at radius 3 is 2.09 bits per heavy atom. The third-order valence-corrected chi connectivity index (χ3v) is 8.59. The van der Waals surface area contributed by atoms with Crippen LogP contribution in [0, 0.1) is 0 Å². The van der Waals surface area contributed by atoms with Crippen molar-refractivity contribution in [2.45, 2.75) is 25.7 Å². The van der Waals surface area contributed by atoms with E-state index in [1.165, 1.54) is 23.5 Å². The zero-order valence-electron chi connectivity index (χ0n) is 20.6. The second kappa shape index (κ2) is 12.5. The number of hydrogen-bond acceptors (Lipinski definition) is 8. The Kier molecular flexibility index (Phi) is 10.3. The molecule has 0 aliphatic heterocycles.